The Hall–Kier alpha value is -2.24. The number of aliphatic imine (C=N–C) groups is 1. The first-order valence-electron chi connectivity index (χ1n) is 6.59. The van der Waals surface area contributed by atoms with Crippen LogP contribution in [0.15, 0.2) is 23.2 Å². The molecule has 20 heavy (non-hydrogen) atoms. The minimum absolute atomic E-state index is 0.188. The molecule has 2 heterocycles. The topological polar surface area (TPSA) is 60.4 Å². The van der Waals surface area contributed by atoms with Crippen LogP contribution in [-0.4, -0.2) is 43.8 Å². The summed E-state index contributed by atoms with van der Waals surface area (Å²) in [5.74, 6) is 0.885. The van der Waals surface area contributed by atoms with E-state index in [1.165, 1.54) is 7.11 Å². The maximum atomic E-state index is 12.2. The van der Waals surface area contributed by atoms with E-state index >= 15 is 0 Å². The molecular formula is C14H16N2O4. The fraction of sp³-hybridized carbons (Fsp3) is 0.429. The number of likely N-dealkylation sites (tertiary alicyclic amines) is 1. The normalized spacial score (nSPS) is 17.4. The first-order chi connectivity index (χ1) is 9.78. The lowest BCUT2D eigenvalue weighted by atomic mass is 10.2. The Bertz CT molecular complexity index is 550. The van der Waals surface area contributed by atoms with Crippen molar-refractivity contribution in [2.45, 2.75) is 12.8 Å². The van der Waals surface area contributed by atoms with E-state index in [1.807, 2.05) is 4.90 Å². The number of hydrogen-bond donors (Lipinski definition) is 0. The molecule has 0 aliphatic carbocycles. The summed E-state index contributed by atoms with van der Waals surface area (Å²) >= 11 is 0. The molecule has 0 bridgehead atoms. The predicted molar refractivity (Wildman–Crippen MR) is 72.1 cm³/mol. The highest BCUT2D eigenvalue weighted by atomic mass is 16.7. The van der Waals surface area contributed by atoms with Gasteiger partial charge < -0.3 is 19.1 Å². The quantitative estimate of drug-likeness (QED) is 0.576. The molecule has 2 aliphatic rings. The summed E-state index contributed by atoms with van der Waals surface area (Å²) in [5, 5.41) is 0. The van der Waals surface area contributed by atoms with E-state index < -0.39 is 0 Å². The van der Waals surface area contributed by atoms with Crippen molar-refractivity contribution >= 4 is 11.9 Å². The number of carbonyl (C=O) groups excluding carboxylic acids is 1. The molecule has 1 aromatic carbocycles. The summed E-state index contributed by atoms with van der Waals surface area (Å²) < 4.78 is 15.7. The molecule has 3 rings (SSSR count). The monoisotopic (exact) mass is 276 g/mol. The Morgan fingerprint density at radius 1 is 1.25 bits per heavy atom. The zero-order valence-corrected chi connectivity index (χ0v) is 11.3. The number of amidine groups is 1. The molecule has 0 saturated carbocycles. The van der Waals surface area contributed by atoms with Crippen LogP contribution in [0.3, 0.4) is 0 Å². The first kappa shape index (κ1) is 12.8. The lowest BCUT2D eigenvalue weighted by Crippen LogP contribution is -2.30. The summed E-state index contributed by atoms with van der Waals surface area (Å²) in [5.41, 5.74) is 0.461. The second-order valence-corrected chi connectivity index (χ2v) is 4.67. The van der Waals surface area contributed by atoms with Crippen LogP contribution >= 0.6 is 0 Å². The summed E-state index contributed by atoms with van der Waals surface area (Å²) in [7, 11) is 1.53. The van der Waals surface area contributed by atoms with E-state index in [4.69, 9.17) is 14.2 Å². The van der Waals surface area contributed by atoms with Gasteiger partial charge in [0, 0.05) is 18.7 Å². The highest BCUT2D eigenvalue weighted by molar-refractivity contribution is 6.01. The van der Waals surface area contributed by atoms with E-state index in [1.54, 1.807) is 18.2 Å². The van der Waals surface area contributed by atoms with Crippen molar-refractivity contribution < 1.29 is 19.0 Å². The molecule has 0 unspecified atom stereocenters. The summed E-state index contributed by atoms with van der Waals surface area (Å²) in [6.07, 6.45) is 2.20. The third-order valence-corrected chi connectivity index (χ3v) is 3.38. The van der Waals surface area contributed by atoms with Gasteiger partial charge >= 0.3 is 0 Å². The highest BCUT2D eigenvalue weighted by Gasteiger charge is 2.20. The van der Waals surface area contributed by atoms with Gasteiger partial charge in [-0.3, -0.25) is 4.79 Å². The Morgan fingerprint density at radius 3 is 2.75 bits per heavy atom. The molecule has 0 aromatic heterocycles. The molecule has 1 fully saturated rings. The predicted octanol–water partition coefficient (Wildman–Crippen LogP) is 1.65. The van der Waals surface area contributed by atoms with Crippen LogP contribution in [0.5, 0.6) is 11.5 Å². The Balaban J connectivity index is 1.80. The third-order valence-electron chi connectivity index (χ3n) is 3.38. The number of methoxy groups -OCH3 is 1. The van der Waals surface area contributed by atoms with E-state index in [0.29, 0.717) is 23.1 Å². The van der Waals surface area contributed by atoms with E-state index in [0.717, 1.165) is 25.9 Å². The van der Waals surface area contributed by atoms with E-state index in [9.17, 15) is 4.79 Å². The average molecular weight is 276 g/mol. The van der Waals surface area contributed by atoms with Crippen LogP contribution < -0.4 is 9.47 Å². The van der Waals surface area contributed by atoms with Crippen LogP contribution in [0.25, 0.3) is 0 Å². The average Bonchev–Trinajstić information content (AvgIpc) is 3.14. The summed E-state index contributed by atoms with van der Waals surface area (Å²) in [4.78, 5) is 18.2. The molecule has 0 N–H and O–H groups in total. The summed E-state index contributed by atoms with van der Waals surface area (Å²) in [6, 6.07) is 5.42. The number of amides is 1. The van der Waals surface area contributed by atoms with Gasteiger partial charge in [0.1, 0.15) is 0 Å². The Morgan fingerprint density at radius 2 is 2.00 bits per heavy atom. The van der Waals surface area contributed by atoms with Gasteiger partial charge in [0.2, 0.25) is 6.79 Å². The largest absolute Gasteiger partial charge is 0.468 e. The number of rotatable bonds is 1. The fourth-order valence-corrected chi connectivity index (χ4v) is 2.33. The Labute approximate surface area is 116 Å². The number of benzene rings is 1. The van der Waals surface area contributed by atoms with Gasteiger partial charge in [-0.2, -0.15) is 4.99 Å². The fourth-order valence-electron chi connectivity index (χ4n) is 2.33. The molecule has 6 nitrogen and oxygen atoms in total. The number of ether oxygens (including phenoxy) is 3. The smallest absolute Gasteiger partial charge is 0.295 e. The van der Waals surface area contributed by atoms with Gasteiger partial charge in [0.25, 0.3) is 11.9 Å². The molecule has 6 heteroatoms. The van der Waals surface area contributed by atoms with Gasteiger partial charge in [-0.1, -0.05) is 0 Å². The zero-order chi connectivity index (χ0) is 13.9. The number of carbonyl (C=O) groups is 1. The highest BCUT2D eigenvalue weighted by Crippen LogP contribution is 2.32. The minimum atomic E-state index is -0.341. The second kappa shape index (κ2) is 5.40. The molecule has 1 aromatic rings. The second-order valence-electron chi connectivity index (χ2n) is 4.67. The van der Waals surface area contributed by atoms with E-state index in [2.05, 4.69) is 4.99 Å². The third kappa shape index (κ3) is 2.41. The van der Waals surface area contributed by atoms with Gasteiger partial charge in [-0.25, -0.2) is 0 Å². The van der Waals surface area contributed by atoms with Gasteiger partial charge in [-0.05, 0) is 31.0 Å². The van der Waals surface area contributed by atoms with Crippen LogP contribution in [0.4, 0.5) is 0 Å². The van der Waals surface area contributed by atoms with Crippen molar-refractivity contribution in [1.82, 2.24) is 4.90 Å². The number of hydrogen-bond acceptors (Lipinski definition) is 4. The molecule has 0 radical (unpaired) electrons. The van der Waals surface area contributed by atoms with Crippen LogP contribution in [-0.2, 0) is 4.74 Å². The van der Waals surface area contributed by atoms with Crippen LogP contribution in [0.2, 0.25) is 0 Å². The van der Waals surface area contributed by atoms with Crippen LogP contribution in [0, 0.1) is 0 Å². The van der Waals surface area contributed by atoms with Crippen molar-refractivity contribution in [3.8, 4) is 11.5 Å². The van der Waals surface area contributed by atoms with Crippen molar-refractivity contribution in [3.05, 3.63) is 23.8 Å². The molecular weight excluding hydrogens is 260 g/mol. The van der Waals surface area contributed by atoms with Gasteiger partial charge in [0.15, 0.2) is 11.5 Å². The molecule has 1 saturated heterocycles. The zero-order valence-electron chi connectivity index (χ0n) is 11.3. The molecule has 0 atom stereocenters. The maximum absolute atomic E-state index is 12.2. The lowest BCUT2D eigenvalue weighted by molar-refractivity contribution is 0.0996. The maximum Gasteiger partial charge on any atom is 0.295 e. The van der Waals surface area contributed by atoms with Crippen molar-refractivity contribution in [2.24, 2.45) is 4.99 Å². The molecule has 1 amide bonds. The standard InChI is InChI=1S/C14H16N2O4/c1-18-14(16-6-2-3-7-16)15-13(17)10-4-5-11-12(8-10)20-9-19-11/h4-5,8H,2-3,6-7,9H2,1H3. The van der Waals surface area contributed by atoms with Crippen LogP contribution in [0.1, 0.15) is 23.2 Å². The molecule has 106 valence electrons. The van der Waals surface area contributed by atoms with E-state index in [-0.39, 0.29) is 12.7 Å². The first-order valence-corrected chi connectivity index (χ1v) is 6.59. The van der Waals surface area contributed by atoms with Crippen molar-refractivity contribution in [2.75, 3.05) is 27.0 Å². The van der Waals surface area contributed by atoms with Crippen molar-refractivity contribution in [3.63, 3.8) is 0 Å². The Kier molecular flexibility index (Phi) is 3.45. The SMILES string of the molecule is COC(=NC(=O)c1ccc2c(c1)OCO2)N1CCCC1. The number of nitrogens with zero attached hydrogens (tertiary/aromatic N) is 2. The van der Waals surface area contributed by atoms with Crippen molar-refractivity contribution in [1.29, 1.82) is 0 Å². The molecule has 2 aliphatic heterocycles. The van der Waals surface area contributed by atoms with Gasteiger partial charge in [0.05, 0.1) is 7.11 Å². The number of fused-ring (bicyclic) bond motifs is 1. The lowest BCUT2D eigenvalue weighted by Gasteiger charge is -2.17. The van der Waals surface area contributed by atoms with Gasteiger partial charge in [-0.15, -0.1) is 0 Å². The minimum Gasteiger partial charge on any atom is -0.468 e. The summed E-state index contributed by atoms with van der Waals surface area (Å²) in [6.45, 7) is 1.94. The molecule has 0 spiro atoms.